The summed E-state index contributed by atoms with van der Waals surface area (Å²) in [7, 11) is 0. The van der Waals surface area contributed by atoms with Crippen molar-refractivity contribution in [2.45, 2.75) is 27.4 Å². The monoisotopic (exact) mass is 515 g/mol. The van der Waals surface area contributed by atoms with E-state index in [9.17, 15) is 0 Å². The van der Waals surface area contributed by atoms with Crippen molar-refractivity contribution in [2.75, 3.05) is 13.2 Å². The summed E-state index contributed by atoms with van der Waals surface area (Å²) in [6.07, 6.45) is 1.84. The van der Waals surface area contributed by atoms with Gasteiger partial charge in [0.15, 0.2) is 11.5 Å². The van der Waals surface area contributed by atoms with E-state index in [-0.39, 0.29) is 0 Å². The lowest BCUT2D eigenvalue weighted by Crippen LogP contribution is -2.02. The minimum Gasteiger partial charge on any atom is -0.494 e. The van der Waals surface area contributed by atoms with E-state index < -0.39 is 0 Å². The predicted octanol–water partition coefficient (Wildman–Crippen LogP) is 6.73. The van der Waals surface area contributed by atoms with Crippen LogP contribution in [0.15, 0.2) is 65.7 Å². The molecule has 3 rings (SSSR count). The van der Waals surface area contributed by atoms with Crippen molar-refractivity contribution in [2.24, 2.45) is 4.99 Å². The van der Waals surface area contributed by atoms with Gasteiger partial charge in [-0.25, -0.2) is 0 Å². The van der Waals surface area contributed by atoms with E-state index in [1.165, 1.54) is 5.56 Å². The molecule has 0 amide bonds. The third-order valence-corrected chi connectivity index (χ3v) is 5.15. The highest BCUT2D eigenvalue weighted by Gasteiger charge is 2.12. The van der Waals surface area contributed by atoms with Crippen LogP contribution in [0.3, 0.4) is 0 Å². The van der Waals surface area contributed by atoms with E-state index >= 15 is 0 Å². The summed E-state index contributed by atoms with van der Waals surface area (Å²) in [6, 6.07) is 20.1. The molecule has 30 heavy (non-hydrogen) atoms. The molecular formula is C25H26INO3. The minimum absolute atomic E-state index is 0.496. The third-order valence-electron chi connectivity index (χ3n) is 4.35. The topological polar surface area (TPSA) is 40.0 Å². The fraction of sp³-hybridized carbons (Fsp3) is 0.240. The van der Waals surface area contributed by atoms with Crippen LogP contribution in [0.25, 0.3) is 0 Å². The van der Waals surface area contributed by atoms with Crippen molar-refractivity contribution in [1.29, 1.82) is 0 Å². The molecule has 0 spiro atoms. The van der Waals surface area contributed by atoms with E-state index in [0.29, 0.717) is 19.8 Å². The van der Waals surface area contributed by atoms with Crippen molar-refractivity contribution in [3.05, 3.63) is 80.9 Å². The van der Waals surface area contributed by atoms with Gasteiger partial charge in [-0.3, -0.25) is 4.99 Å². The number of ether oxygens (including phenoxy) is 3. The van der Waals surface area contributed by atoms with E-state index in [1.807, 2.05) is 56.5 Å². The first kappa shape index (κ1) is 22.2. The Labute approximate surface area is 192 Å². The zero-order chi connectivity index (χ0) is 21.3. The summed E-state index contributed by atoms with van der Waals surface area (Å²) in [5.41, 5.74) is 4.19. The van der Waals surface area contributed by atoms with E-state index in [0.717, 1.165) is 37.6 Å². The second kappa shape index (κ2) is 11.0. The Kier molecular flexibility index (Phi) is 8.13. The second-order valence-corrected chi connectivity index (χ2v) is 7.88. The maximum absolute atomic E-state index is 6.11. The van der Waals surface area contributed by atoms with Crippen molar-refractivity contribution in [1.82, 2.24) is 0 Å². The maximum atomic E-state index is 6.11. The highest BCUT2D eigenvalue weighted by Crippen LogP contribution is 2.34. The molecule has 0 bridgehead atoms. The van der Waals surface area contributed by atoms with Crippen LogP contribution in [0.4, 0.5) is 5.69 Å². The highest BCUT2D eigenvalue weighted by atomic mass is 127. The van der Waals surface area contributed by atoms with Gasteiger partial charge in [-0.1, -0.05) is 29.8 Å². The summed E-state index contributed by atoms with van der Waals surface area (Å²) < 4.78 is 18.4. The maximum Gasteiger partial charge on any atom is 0.175 e. The second-order valence-electron chi connectivity index (χ2n) is 6.72. The zero-order valence-corrected chi connectivity index (χ0v) is 19.7. The number of rotatable bonds is 9. The van der Waals surface area contributed by atoms with Crippen LogP contribution in [-0.4, -0.2) is 19.4 Å². The van der Waals surface area contributed by atoms with Crippen LogP contribution >= 0.6 is 22.6 Å². The molecule has 0 aliphatic rings. The van der Waals surface area contributed by atoms with Gasteiger partial charge in [0.05, 0.1) is 22.5 Å². The van der Waals surface area contributed by atoms with Crippen molar-refractivity contribution in [3.8, 4) is 17.2 Å². The molecule has 4 nitrogen and oxygen atoms in total. The van der Waals surface area contributed by atoms with Crippen LogP contribution in [0.5, 0.6) is 17.2 Å². The highest BCUT2D eigenvalue weighted by molar-refractivity contribution is 14.1. The van der Waals surface area contributed by atoms with Gasteiger partial charge in [-0.2, -0.15) is 0 Å². The van der Waals surface area contributed by atoms with Gasteiger partial charge in [-0.05, 0) is 90.9 Å². The van der Waals surface area contributed by atoms with Crippen LogP contribution in [0.1, 0.15) is 30.5 Å². The van der Waals surface area contributed by atoms with Crippen LogP contribution in [0.2, 0.25) is 0 Å². The zero-order valence-electron chi connectivity index (χ0n) is 17.5. The Hall–Kier alpha value is -2.54. The number of aliphatic imine (C=N–C) groups is 1. The van der Waals surface area contributed by atoms with Crippen LogP contribution in [0, 0.1) is 10.5 Å². The average Bonchev–Trinajstić information content (AvgIpc) is 2.74. The quantitative estimate of drug-likeness (QED) is 0.235. The Morgan fingerprint density at radius 2 is 1.57 bits per heavy atom. The normalized spacial score (nSPS) is 10.9. The SMILES string of the molecule is CCOc1ccc(N=Cc2cc(I)c(OCc3ccc(C)cc3)c(OCC)c2)cc1. The Bertz CT molecular complexity index is 983. The lowest BCUT2D eigenvalue weighted by molar-refractivity contribution is 0.267. The minimum atomic E-state index is 0.496. The molecule has 0 saturated heterocycles. The first-order valence-electron chi connectivity index (χ1n) is 10.0. The van der Waals surface area contributed by atoms with E-state index in [2.05, 4.69) is 58.8 Å². The molecule has 0 atom stereocenters. The molecule has 0 unspecified atom stereocenters. The number of aryl methyl sites for hydroxylation is 1. The van der Waals surface area contributed by atoms with Crippen molar-refractivity contribution in [3.63, 3.8) is 0 Å². The lowest BCUT2D eigenvalue weighted by Gasteiger charge is -2.15. The molecule has 3 aromatic rings. The molecule has 0 N–H and O–H groups in total. The fourth-order valence-corrected chi connectivity index (χ4v) is 3.63. The van der Waals surface area contributed by atoms with Gasteiger partial charge in [0, 0.05) is 6.21 Å². The average molecular weight is 515 g/mol. The summed E-state index contributed by atoms with van der Waals surface area (Å²) in [6.45, 7) is 7.73. The number of halogens is 1. The summed E-state index contributed by atoms with van der Waals surface area (Å²) in [5.74, 6) is 2.33. The first-order valence-corrected chi connectivity index (χ1v) is 11.1. The smallest absolute Gasteiger partial charge is 0.175 e. The van der Waals surface area contributed by atoms with Crippen molar-refractivity contribution < 1.29 is 14.2 Å². The number of benzene rings is 3. The predicted molar refractivity (Wildman–Crippen MR) is 131 cm³/mol. The Morgan fingerprint density at radius 1 is 0.867 bits per heavy atom. The van der Waals surface area contributed by atoms with Gasteiger partial charge < -0.3 is 14.2 Å². The number of hydrogen-bond donors (Lipinski definition) is 0. The molecule has 0 radical (unpaired) electrons. The van der Waals surface area contributed by atoms with Crippen molar-refractivity contribution >= 4 is 34.5 Å². The van der Waals surface area contributed by atoms with Gasteiger partial charge in [0.1, 0.15) is 12.4 Å². The van der Waals surface area contributed by atoms with Gasteiger partial charge in [0.25, 0.3) is 0 Å². The molecule has 0 aromatic heterocycles. The van der Waals surface area contributed by atoms with E-state index in [1.54, 1.807) is 0 Å². The first-order chi connectivity index (χ1) is 14.6. The van der Waals surface area contributed by atoms with Gasteiger partial charge >= 0.3 is 0 Å². The largest absolute Gasteiger partial charge is 0.494 e. The third kappa shape index (κ3) is 6.23. The Morgan fingerprint density at radius 3 is 2.23 bits per heavy atom. The summed E-state index contributed by atoms with van der Waals surface area (Å²) in [4.78, 5) is 4.57. The van der Waals surface area contributed by atoms with Gasteiger partial charge in [0.2, 0.25) is 0 Å². The standard InChI is InChI=1S/C25H26INO3/c1-4-28-22-12-10-21(11-13-22)27-16-20-14-23(26)25(24(15-20)29-5-2)30-17-19-8-6-18(3)7-9-19/h6-16H,4-5,17H2,1-3H3. The summed E-state index contributed by atoms with van der Waals surface area (Å²) >= 11 is 2.28. The molecular weight excluding hydrogens is 489 g/mol. The van der Waals surface area contributed by atoms with Crippen LogP contribution in [-0.2, 0) is 6.61 Å². The molecule has 0 aliphatic carbocycles. The molecule has 3 aromatic carbocycles. The molecule has 0 saturated carbocycles. The number of hydrogen-bond acceptors (Lipinski definition) is 4. The summed E-state index contributed by atoms with van der Waals surface area (Å²) in [5, 5.41) is 0. The molecule has 0 heterocycles. The number of nitrogens with zero attached hydrogens (tertiary/aromatic N) is 1. The Balaban J connectivity index is 1.76. The lowest BCUT2D eigenvalue weighted by atomic mass is 10.1. The molecule has 156 valence electrons. The molecule has 0 aliphatic heterocycles. The molecule has 0 fully saturated rings. The van der Waals surface area contributed by atoms with Gasteiger partial charge in [-0.15, -0.1) is 0 Å². The fourth-order valence-electron chi connectivity index (χ4n) is 2.85. The molecule has 5 heteroatoms. The van der Waals surface area contributed by atoms with E-state index in [4.69, 9.17) is 14.2 Å². The van der Waals surface area contributed by atoms with Crippen LogP contribution < -0.4 is 14.2 Å².